The number of rotatable bonds is 4. The zero-order valence-electron chi connectivity index (χ0n) is 9.35. The van der Waals surface area contributed by atoms with Crippen LogP contribution in [0.5, 0.6) is 0 Å². The van der Waals surface area contributed by atoms with Crippen molar-refractivity contribution >= 4 is 18.0 Å². The Labute approximate surface area is 97.7 Å². The van der Waals surface area contributed by atoms with Gasteiger partial charge in [0.1, 0.15) is 11.5 Å². The van der Waals surface area contributed by atoms with Gasteiger partial charge in [0, 0.05) is 5.57 Å². The van der Waals surface area contributed by atoms with Gasteiger partial charge in [-0.2, -0.15) is 0 Å². The van der Waals surface area contributed by atoms with E-state index in [9.17, 15) is 19.8 Å². The lowest BCUT2D eigenvalue weighted by Gasteiger charge is -2.09. The lowest BCUT2D eigenvalue weighted by molar-refractivity contribution is -0.298. The van der Waals surface area contributed by atoms with Gasteiger partial charge >= 0.3 is 0 Å². The topological polar surface area (TPSA) is 93.4 Å². The van der Waals surface area contributed by atoms with Crippen LogP contribution in [0, 0.1) is 6.92 Å². The van der Waals surface area contributed by atoms with Crippen LogP contribution in [0.4, 0.5) is 0 Å². The zero-order chi connectivity index (χ0) is 13.0. The molecule has 17 heavy (non-hydrogen) atoms. The minimum absolute atomic E-state index is 0.0269. The summed E-state index contributed by atoms with van der Waals surface area (Å²) in [5.74, 6) is -2.01. The minimum atomic E-state index is -1.48. The smallest absolute Gasteiger partial charge is 0.127 e. The Morgan fingerprint density at radius 1 is 1.29 bits per heavy atom. The second kappa shape index (κ2) is 5.16. The first-order valence-corrected chi connectivity index (χ1v) is 4.79. The molecule has 1 aromatic rings. The Morgan fingerprint density at radius 3 is 2.35 bits per heavy atom. The number of carboxylic acids is 2. The van der Waals surface area contributed by atoms with E-state index in [1.165, 1.54) is 13.0 Å². The second-order valence-electron chi connectivity index (χ2n) is 3.44. The largest absolute Gasteiger partial charge is 0.545 e. The fourth-order valence-corrected chi connectivity index (χ4v) is 1.26. The molecule has 5 heteroatoms. The van der Waals surface area contributed by atoms with Gasteiger partial charge in [0.15, 0.2) is 0 Å². The zero-order valence-corrected chi connectivity index (χ0v) is 9.35. The highest BCUT2D eigenvalue weighted by Gasteiger charge is 2.04. The van der Waals surface area contributed by atoms with Crippen LogP contribution in [0.1, 0.15) is 18.4 Å². The predicted octanol–water partition coefficient (Wildman–Crippen LogP) is -0.582. The van der Waals surface area contributed by atoms with E-state index < -0.39 is 11.9 Å². The van der Waals surface area contributed by atoms with E-state index in [0.717, 1.165) is 0 Å². The molecule has 0 spiro atoms. The van der Waals surface area contributed by atoms with Crippen LogP contribution in [0.3, 0.4) is 0 Å². The summed E-state index contributed by atoms with van der Waals surface area (Å²) in [6.07, 6.45) is 1.90. The molecule has 1 heterocycles. The highest BCUT2D eigenvalue weighted by Crippen LogP contribution is 2.16. The molecule has 5 nitrogen and oxygen atoms in total. The summed E-state index contributed by atoms with van der Waals surface area (Å²) in [5, 5.41) is 21.2. The molecular formula is C12H10O5-2. The first kappa shape index (κ1) is 12.8. The maximum Gasteiger partial charge on any atom is 0.127 e. The Balaban J connectivity index is 3.14. The summed E-state index contributed by atoms with van der Waals surface area (Å²) < 4.78 is 5.16. The molecule has 0 aliphatic heterocycles. The van der Waals surface area contributed by atoms with E-state index in [4.69, 9.17) is 4.42 Å². The van der Waals surface area contributed by atoms with Gasteiger partial charge < -0.3 is 24.2 Å². The van der Waals surface area contributed by atoms with Crippen LogP contribution in [-0.2, 0) is 9.59 Å². The predicted molar refractivity (Wildman–Crippen MR) is 55.2 cm³/mol. The Hall–Kier alpha value is -2.30. The minimum Gasteiger partial charge on any atom is -0.545 e. The number of carboxylic acid groups (broad SMARTS) is 2. The van der Waals surface area contributed by atoms with Crippen molar-refractivity contribution in [3.8, 4) is 0 Å². The standard InChI is InChI=1S/C12H12O5/c1-7(5-11(13)14)10(12(15)16)6-9-4-3-8(2)17-9/h3-6H,1-2H3,(H,13,14)(H,15,16)/p-2/b7-5?,10-6+. The fourth-order valence-electron chi connectivity index (χ4n) is 1.26. The average molecular weight is 234 g/mol. The number of hydrogen-bond donors (Lipinski definition) is 0. The van der Waals surface area contributed by atoms with Crippen LogP contribution in [0.15, 0.2) is 33.8 Å². The maximum atomic E-state index is 10.9. The molecule has 0 saturated heterocycles. The third-order valence-corrected chi connectivity index (χ3v) is 2.03. The molecule has 0 atom stereocenters. The van der Waals surface area contributed by atoms with Crippen LogP contribution in [0.2, 0.25) is 0 Å². The molecule has 0 aliphatic carbocycles. The molecule has 0 radical (unpaired) electrons. The first-order chi connectivity index (χ1) is 7.90. The molecule has 1 aromatic heterocycles. The van der Waals surface area contributed by atoms with Crippen molar-refractivity contribution in [1.82, 2.24) is 0 Å². The third-order valence-electron chi connectivity index (χ3n) is 2.03. The van der Waals surface area contributed by atoms with E-state index >= 15 is 0 Å². The van der Waals surface area contributed by atoms with Crippen molar-refractivity contribution in [2.75, 3.05) is 0 Å². The van der Waals surface area contributed by atoms with Gasteiger partial charge in [0.05, 0.1) is 11.9 Å². The number of carbonyl (C=O) groups is 2. The van der Waals surface area contributed by atoms with Crippen molar-refractivity contribution < 1.29 is 24.2 Å². The van der Waals surface area contributed by atoms with E-state index in [2.05, 4.69) is 0 Å². The van der Waals surface area contributed by atoms with Gasteiger partial charge in [-0.05, 0) is 43.7 Å². The number of carbonyl (C=O) groups excluding carboxylic acids is 2. The van der Waals surface area contributed by atoms with E-state index in [0.29, 0.717) is 17.6 Å². The summed E-state index contributed by atoms with van der Waals surface area (Å²) in [6.45, 7) is 3.05. The number of hydrogen-bond acceptors (Lipinski definition) is 5. The van der Waals surface area contributed by atoms with E-state index in [1.54, 1.807) is 19.1 Å². The maximum absolute atomic E-state index is 10.9. The number of aryl methyl sites for hydroxylation is 1. The van der Waals surface area contributed by atoms with E-state index in [1.807, 2.05) is 0 Å². The van der Waals surface area contributed by atoms with Crippen molar-refractivity contribution in [1.29, 1.82) is 0 Å². The molecule has 1 rings (SSSR count). The highest BCUT2D eigenvalue weighted by molar-refractivity contribution is 5.97. The Morgan fingerprint density at radius 2 is 1.94 bits per heavy atom. The molecule has 0 amide bonds. The SMILES string of the molecule is CC(=CC(=O)[O-])/C(=C\c1ccc(C)o1)C(=O)[O-]. The van der Waals surface area contributed by atoms with Crippen LogP contribution >= 0.6 is 0 Å². The average Bonchev–Trinajstić information content (AvgIpc) is 2.58. The van der Waals surface area contributed by atoms with Crippen LogP contribution < -0.4 is 10.2 Å². The van der Waals surface area contributed by atoms with Gasteiger partial charge in [-0.3, -0.25) is 0 Å². The molecule has 0 unspecified atom stereocenters. The third kappa shape index (κ3) is 3.64. The highest BCUT2D eigenvalue weighted by atomic mass is 16.4. The van der Waals surface area contributed by atoms with Gasteiger partial charge in [0.25, 0.3) is 0 Å². The van der Waals surface area contributed by atoms with Crippen LogP contribution in [0.25, 0.3) is 6.08 Å². The molecule has 0 aliphatic rings. The van der Waals surface area contributed by atoms with Gasteiger partial charge in [-0.1, -0.05) is 0 Å². The molecular weight excluding hydrogens is 224 g/mol. The van der Waals surface area contributed by atoms with Gasteiger partial charge in [0.2, 0.25) is 0 Å². The van der Waals surface area contributed by atoms with Gasteiger partial charge in [-0.15, -0.1) is 0 Å². The number of aliphatic carboxylic acids is 2. The Kier molecular flexibility index (Phi) is 3.87. The fraction of sp³-hybridized carbons (Fsp3) is 0.167. The monoisotopic (exact) mass is 234 g/mol. The summed E-state index contributed by atoms with van der Waals surface area (Å²) in [7, 11) is 0. The second-order valence-corrected chi connectivity index (χ2v) is 3.44. The van der Waals surface area contributed by atoms with Crippen molar-refractivity contribution in [2.45, 2.75) is 13.8 Å². The summed E-state index contributed by atoms with van der Waals surface area (Å²) in [4.78, 5) is 21.2. The molecule has 90 valence electrons. The van der Waals surface area contributed by atoms with Gasteiger partial charge in [-0.25, -0.2) is 0 Å². The molecule has 0 saturated carbocycles. The van der Waals surface area contributed by atoms with Crippen LogP contribution in [-0.4, -0.2) is 11.9 Å². The van der Waals surface area contributed by atoms with Crippen molar-refractivity contribution in [3.63, 3.8) is 0 Å². The Bertz CT molecular complexity index is 505. The molecule has 0 N–H and O–H groups in total. The van der Waals surface area contributed by atoms with E-state index in [-0.39, 0.29) is 11.1 Å². The summed E-state index contributed by atoms with van der Waals surface area (Å²) in [6, 6.07) is 3.24. The van der Waals surface area contributed by atoms with Crippen molar-refractivity contribution in [2.24, 2.45) is 0 Å². The lowest BCUT2D eigenvalue weighted by Crippen LogP contribution is -2.26. The lowest BCUT2D eigenvalue weighted by atomic mass is 10.1. The van der Waals surface area contributed by atoms with Crippen molar-refractivity contribution in [3.05, 3.63) is 40.9 Å². The normalized spacial score (nSPS) is 12.6. The molecule has 0 aromatic carbocycles. The molecule has 0 fully saturated rings. The molecule has 0 bridgehead atoms. The first-order valence-electron chi connectivity index (χ1n) is 4.79. The summed E-state index contributed by atoms with van der Waals surface area (Å²) in [5.41, 5.74) is -0.234. The number of furan rings is 1. The summed E-state index contributed by atoms with van der Waals surface area (Å²) >= 11 is 0. The quantitative estimate of drug-likeness (QED) is 0.513.